The average Bonchev–Trinajstić information content (AvgIpc) is 2.54. The van der Waals surface area contributed by atoms with Crippen LogP contribution < -0.4 is 5.32 Å². The van der Waals surface area contributed by atoms with Crippen LogP contribution in [0.4, 0.5) is 0 Å². The lowest BCUT2D eigenvalue weighted by atomic mass is 10.0. The van der Waals surface area contributed by atoms with Gasteiger partial charge in [0.25, 0.3) is 0 Å². The zero-order valence-corrected chi connectivity index (χ0v) is 12.9. The summed E-state index contributed by atoms with van der Waals surface area (Å²) in [6.07, 6.45) is 3.97. The summed E-state index contributed by atoms with van der Waals surface area (Å²) in [6.45, 7) is 15.1. The lowest BCUT2D eigenvalue weighted by Crippen LogP contribution is -2.47. The molecule has 0 aliphatic carbocycles. The molecule has 0 spiro atoms. The number of hydrogen-bond acceptors (Lipinski definition) is 3. The molecule has 1 saturated heterocycles. The fraction of sp³-hybridized carbons (Fsp3) is 0.444. The van der Waals surface area contributed by atoms with Crippen LogP contribution in [0, 0.1) is 0 Å². The molecule has 1 fully saturated rings. The Morgan fingerprint density at radius 3 is 2.29 bits per heavy atom. The van der Waals surface area contributed by atoms with Gasteiger partial charge in [-0.1, -0.05) is 42.5 Å². The summed E-state index contributed by atoms with van der Waals surface area (Å²) in [4.78, 5) is 4.99. The molecule has 1 aromatic rings. The van der Waals surface area contributed by atoms with Crippen LogP contribution in [0.5, 0.6) is 0 Å². The van der Waals surface area contributed by atoms with Crippen LogP contribution in [0.2, 0.25) is 0 Å². The van der Waals surface area contributed by atoms with Crippen molar-refractivity contribution in [3.8, 4) is 0 Å². The second-order valence-corrected chi connectivity index (χ2v) is 5.51. The van der Waals surface area contributed by atoms with Gasteiger partial charge in [-0.05, 0) is 5.56 Å². The van der Waals surface area contributed by atoms with E-state index in [9.17, 15) is 0 Å². The molecule has 0 radical (unpaired) electrons. The molecule has 3 nitrogen and oxygen atoms in total. The summed E-state index contributed by atoms with van der Waals surface area (Å²) in [7, 11) is 0. The first kappa shape index (κ1) is 16.0. The number of nitrogens with zero attached hydrogens (tertiary/aromatic N) is 2. The highest BCUT2D eigenvalue weighted by Gasteiger charge is 2.22. The molecule has 1 aliphatic heterocycles. The van der Waals surface area contributed by atoms with E-state index in [1.807, 2.05) is 12.2 Å². The molecule has 0 saturated carbocycles. The van der Waals surface area contributed by atoms with Crippen molar-refractivity contribution in [3.63, 3.8) is 0 Å². The van der Waals surface area contributed by atoms with Crippen molar-refractivity contribution in [2.75, 3.05) is 45.8 Å². The third-order valence-corrected chi connectivity index (χ3v) is 3.99. The molecule has 2 rings (SSSR count). The Bertz CT molecular complexity index is 413. The highest BCUT2D eigenvalue weighted by Crippen LogP contribution is 2.22. The van der Waals surface area contributed by atoms with Crippen LogP contribution in [0.3, 0.4) is 0 Å². The SMILES string of the molecule is C=CCN(CC=C)C(CN1CCNCC1)c1ccccc1. The molecule has 0 bridgehead atoms. The maximum Gasteiger partial charge on any atom is 0.0481 e. The van der Waals surface area contributed by atoms with Crippen molar-refractivity contribution in [2.24, 2.45) is 0 Å². The standard InChI is InChI=1S/C18H27N3/c1-3-12-21(13-4-2)18(17-8-6-5-7-9-17)16-20-14-10-19-11-15-20/h3-9,18-19H,1-2,10-16H2. The molecule has 1 atom stereocenters. The molecular weight excluding hydrogens is 258 g/mol. The molecule has 0 aromatic heterocycles. The van der Waals surface area contributed by atoms with Crippen LogP contribution >= 0.6 is 0 Å². The van der Waals surface area contributed by atoms with Gasteiger partial charge in [-0.15, -0.1) is 13.2 Å². The van der Waals surface area contributed by atoms with Gasteiger partial charge in [0.1, 0.15) is 0 Å². The third-order valence-electron chi connectivity index (χ3n) is 3.99. The Morgan fingerprint density at radius 1 is 1.10 bits per heavy atom. The van der Waals surface area contributed by atoms with Crippen molar-refractivity contribution >= 4 is 0 Å². The third kappa shape index (κ3) is 4.81. The number of rotatable bonds is 8. The Morgan fingerprint density at radius 2 is 1.71 bits per heavy atom. The summed E-state index contributed by atoms with van der Waals surface area (Å²) in [6, 6.07) is 11.2. The van der Waals surface area contributed by atoms with E-state index in [4.69, 9.17) is 0 Å². The maximum absolute atomic E-state index is 3.91. The van der Waals surface area contributed by atoms with Crippen LogP contribution in [0.25, 0.3) is 0 Å². The molecule has 3 heteroatoms. The van der Waals surface area contributed by atoms with Gasteiger partial charge in [0.2, 0.25) is 0 Å². The van der Waals surface area contributed by atoms with Gasteiger partial charge in [-0.25, -0.2) is 0 Å². The minimum absolute atomic E-state index is 0.389. The maximum atomic E-state index is 3.91. The number of benzene rings is 1. The highest BCUT2D eigenvalue weighted by atomic mass is 15.2. The normalized spacial score (nSPS) is 17.6. The molecule has 1 aliphatic rings. The predicted molar refractivity (Wildman–Crippen MR) is 90.5 cm³/mol. The summed E-state index contributed by atoms with van der Waals surface area (Å²) < 4.78 is 0. The summed E-state index contributed by atoms with van der Waals surface area (Å²) >= 11 is 0. The fourth-order valence-corrected chi connectivity index (χ4v) is 2.91. The van der Waals surface area contributed by atoms with E-state index in [-0.39, 0.29) is 0 Å². The van der Waals surface area contributed by atoms with Crippen molar-refractivity contribution in [1.82, 2.24) is 15.1 Å². The van der Waals surface area contributed by atoms with Gasteiger partial charge in [-0.2, -0.15) is 0 Å². The van der Waals surface area contributed by atoms with Gasteiger partial charge in [-0.3, -0.25) is 9.80 Å². The molecular formula is C18H27N3. The summed E-state index contributed by atoms with van der Waals surface area (Å²) in [5.74, 6) is 0. The molecule has 0 amide bonds. The lowest BCUT2D eigenvalue weighted by Gasteiger charge is -2.36. The molecule has 1 aromatic carbocycles. The Hall–Kier alpha value is -1.42. The van der Waals surface area contributed by atoms with Gasteiger partial charge >= 0.3 is 0 Å². The lowest BCUT2D eigenvalue weighted by molar-refractivity contribution is 0.149. The van der Waals surface area contributed by atoms with Gasteiger partial charge < -0.3 is 5.32 Å². The monoisotopic (exact) mass is 285 g/mol. The van der Waals surface area contributed by atoms with E-state index in [1.165, 1.54) is 5.56 Å². The summed E-state index contributed by atoms with van der Waals surface area (Å²) in [5, 5.41) is 3.42. The van der Waals surface area contributed by atoms with Crippen LogP contribution in [-0.4, -0.2) is 55.6 Å². The predicted octanol–water partition coefficient (Wildman–Crippen LogP) is 2.31. The zero-order chi connectivity index (χ0) is 14.9. The van der Waals surface area contributed by atoms with Crippen molar-refractivity contribution in [1.29, 1.82) is 0 Å². The Balaban J connectivity index is 2.15. The number of hydrogen-bond donors (Lipinski definition) is 1. The van der Waals surface area contributed by atoms with E-state index in [1.54, 1.807) is 0 Å². The van der Waals surface area contributed by atoms with Gasteiger partial charge in [0, 0.05) is 51.9 Å². The fourth-order valence-electron chi connectivity index (χ4n) is 2.91. The minimum atomic E-state index is 0.389. The average molecular weight is 285 g/mol. The van der Waals surface area contributed by atoms with E-state index in [0.717, 1.165) is 45.8 Å². The highest BCUT2D eigenvalue weighted by molar-refractivity contribution is 5.20. The topological polar surface area (TPSA) is 18.5 Å². The first-order valence-electron chi connectivity index (χ1n) is 7.79. The molecule has 114 valence electrons. The quantitative estimate of drug-likeness (QED) is 0.740. The molecule has 1 heterocycles. The second-order valence-electron chi connectivity index (χ2n) is 5.51. The first-order chi connectivity index (χ1) is 10.3. The van der Waals surface area contributed by atoms with E-state index < -0.39 is 0 Å². The van der Waals surface area contributed by atoms with Gasteiger partial charge in [0.15, 0.2) is 0 Å². The second kappa shape index (κ2) is 8.78. The van der Waals surface area contributed by atoms with Crippen molar-refractivity contribution in [3.05, 3.63) is 61.2 Å². The van der Waals surface area contributed by atoms with E-state index in [0.29, 0.717) is 6.04 Å². The van der Waals surface area contributed by atoms with E-state index in [2.05, 4.69) is 58.6 Å². The number of nitrogens with one attached hydrogen (secondary N) is 1. The van der Waals surface area contributed by atoms with Gasteiger partial charge in [0.05, 0.1) is 0 Å². The Kier molecular flexibility index (Phi) is 6.67. The molecule has 1 unspecified atom stereocenters. The molecule has 1 N–H and O–H groups in total. The van der Waals surface area contributed by atoms with Crippen LogP contribution in [0.15, 0.2) is 55.6 Å². The first-order valence-corrected chi connectivity index (χ1v) is 7.79. The largest absolute Gasteiger partial charge is 0.314 e. The Labute approximate surface area is 128 Å². The zero-order valence-electron chi connectivity index (χ0n) is 12.9. The van der Waals surface area contributed by atoms with Crippen molar-refractivity contribution < 1.29 is 0 Å². The molecule has 21 heavy (non-hydrogen) atoms. The van der Waals surface area contributed by atoms with Crippen molar-refractivity contribution in [2.45, 2.75) is 6.04 Å². The van der Waals surface area contributed by atoms with Crippen LogP contribution in [0.1, 0.15) is 11.6 Å². The number of piperazine rings is 1. The summed E-state index contributed by atoms with van der Waals surface area (Å²) in [5.41, 5.74) is 1.37. The minimum Gasteiger partial charge on any atom is -0.314 e. The van der Waals surface area contributed by atoms with E-state index >= 15 is 0 Å². The smallest absolute Gasteiger partial charge is 0.0481 e. The van der Waals surface area contributed by atoms with Crippen LogP contribution in [-0.2, 0) is 0 Å².